The first-order valence-corrected chi connectivity index (χ1v) is 6.31. The molecule has 13 heavy (non-hydrogen) atoms. The fraction of sp³-hybridized carbons (Fsp3) is 0.600. The van der Waals surface area contributed by atoms with Crippen LogP contribution in [0.15, 0.2) is 9.85 Å². The molecule has 0 radical (unpaired) electrons. The second-order valence-corrected chi connectivity index (χ2v) is 6.37. The minimum atomic E-state index is 0.561. The van der Waals surface area contributed by atoms with Crippen LogP contribution in [0.5, 0.6) is 0 Å². The summed E-state index contributed by atoms with van der Waals surface area (Å²) in [6.07, 6.45) is 1.19. The zero-order valence-electron chi connectivity index (χ0n) is 7.93. The van der Waals surface area contributed by atoms with Crippen LogP contribution in [0, 0.1) is 5.92 Å². The third-order valence-corrected chi connectivity index (χ3v) is 4.24. The fourth-order valence-corrected chi connectivity index (χ4v) is 3.68. The van der Waals surface area contributed by atoms with E-state index in [0.29, 0.717) is 12.0 Å². The first-order chi connectivity index (χ1) is 6.18. The lowest BCUT2D eigenvalue weighted by Crippen LogP contribution is -2.31. The number of halogens is 1. The molecule has 1 aromatic heterocycles. The van der Waals surface area contributed by atoms with Gasteiger partial charge in [-0.2, -0.15) is 0 Å². The molecule has 3 heteroatoms. The molecule has 0 saturated carbocycles. The monoisotopic (exact) mass is 259 g/mol. The Hall–Kier alpha value is 0.140. The average Bonchev–Trinajstić information content (AvgIpc) is 2.43. The van der Waals surface area contributed by atoms with Crippen molar-refractivity contribution in [2.24, 2.45) is 5.92 Å². The molecule has 1 unspecified atom stereocenters. The van der Waals surface area contributed by atoms with Crippen molar-refractivity contribution in [2.75, 3.05) is 6.54 Å². The zero-order valence-corrected chi connectivity index (χ0v) is 10.3. The third-order valence-electron chi connectivity index (χ3n) is 2.53. The first kappa shape index (κ1) is 9.69. The standard InChI is InChI=1S/C10H14BrNS/c1-6(2)10-7-5-9(11)13-8(7)3-4-12-10/h5-6,10,12H,3-4H2,1-2H3. The molecule has 0 aromatic carbocycles. The first-order valence-electron chi connectivity index (χ1n) is 4.70. The van der Waals surface area contributed by atoms with Crippen LogP contribution in [0.4, 0.5) is 0 Å². The van der Waals surface area contributed by atoms with E-state index < -0.39 is 0 Å². The normalized spacial score (nSPS) is 22.0. The Kier molecular flexibility index (Phi) is 2.77. The van der Waals surface area contributed by atoms with Crippen LogP contribution in [0.25, 0.3) is 0 Å². The Morgan fingerprint density at radius 2 is 2.38 bits per heavy atom. The van der Waals surface area contributed by atoms with E-state index in [9.17, 15) is 0 Å². The molecule has 1 aliphatic heterocycles. The second kappa shape index (κ2) is 3.71. The Morgan fingerprint density at radius 1 is 1.62 bits per heavy atom. The van der Waals surface area contributed by atoms with Gasteiger partial charge >= 0.3 is 0 Å². The van der Waals surface area contributed by atoms with E-state index >= 15 is 0 Å². The lowest BCUT2D eigenvalue weighted by atomic mass is 9.93. The summed E-state index contributed by atoms with van der Waals surface area (Å²) < 4.78 is 1.27. The third kappa shape index (κ3) is 1.83. The van der Waals surface area contributed by atoms with Crippen molar-refractivity contribution in [3.63, 3.8) is 0 Å². The summed E-state index contributed by atoms with van der Waals surface area (Å²) in [6, 6.07) is 2.84. The van der Waals surface area contributed by atoms with Crippen molar-refractivity contribution in [2.45, 2.75) is 26.3 Å². The van der Waals surface area contributed by atoms with Gasteiger partial charge in [0.05, 0.1) is 3.79 Å². The molecule has 0 aliphatic carbocycles. The lowest BCUT2D eigenvalue weighted by molar-refractivity contribution is 0.398. The molecule has 1 N–H and O–H groups in total. The summed E-state index contributed by atoms with van der Waals surface area (Å²) in [5.41, 5.74) is 1.51. The summed E-state index contributed by atoms with van der Waals surface area (Å²) in [6.45, 7) is 5.68. The molecule has 1 aliphatic rings. The van der Waals surface area contributed by atoms with E-state index in [1.165, 1.54) is 15.8 Å². The molecule has 0 fully saturated rings. The molecule has 0 spiro atoms. The predicted octanol–water partition coefficient (Wildman–Crippen LogP) is 3.35. The highest BCUT2D eigenvalue weighted by atomic mass is 79.9. The maximum Gasteiger partial charge on any atom is 0.0704 e. The van der Waals surface area contributed by atoms with E-state index in [2.05, 4.69) is 41.2 Å². The molecular weight excluding hydrogens is 246 g/mol. The summed E-state index contributed by atoms with van der Waals surface area (Å²) in [5.74, 6) is 0.681. The molecule has 1 aromatic rings. The summed E-state index contributed by atoms with van der Waals surface area (Å²) >= 11 is 5.45. The topological polar surface area (TPSA) is 12.0 Å². The van der Waals surface area contributed by atoms with Gasteiger partial charge in [-0.15, -0.1) is 11.3 Å². The molecule has 0 bridgehead atoms. The van der Waals surface area contributed by atoms with E-state index in [0.717, 1.165) is 6.54 Å². The highest BCUT2D eigenvalue weighted by molar-refractivity contribution is 9.11. The van der Waals surface area contributed by atoms with Gasteiger partial charge in [0.1, 0.15) is 0 Å². The van der Waals surface area contributed by atoms with E-state index in [-0.39, 0.29) is 0 Å². The molecule has 2 heterocycles. The molecule has 72 valence electrons. The van der Waals surface area contributed by atoms with Gasteiger partial charge in [0, 0.05) is 17.5 Å². The van der Waals surface area contributed by atoms with Crippen molar-refractivity contribution in [3.8, 4) is 0 Å². The molecule has 1 atom stereocenters. The van der Waals surface area contributed by atoms with Gasteiger partial charge in [-0.25, -0.2) is 0 Å². The van der Waals surface area contributed by atoms with Gasteiger partial charge in [0.25, 0.3) is 0 Å². The average molecular weight is 260 g/mol. The van der Waals surface area contributed by atoms with Gasteiger partial charge in [0.15, 0.2) is 0 Å². The van der Waals surface area contributed by atoms with Crippen molar-refractivity contribution in [1.29, 1.82) is 0 Å². The van der Waals surface area contributed by atoms with Crippen LogP contribution >= 0.6 is 27.3 Å². The van der Waals surface area contributed by atoms with Crippen LogP contribution in [0.2, 0.25) is 0 Å². The van der Waals surface area contributed by atoms with Gasteiger partial charge in [-0.1, -0.05) is 13.8 Å². The zero-order chi connectivity index (χ0) is 9.42. The maximum atomic E-state index is 3.57. The SMILES string of the molecule is CC(C)C1NCCc2sc(Br)cc21. The van der Waals surface area contributed by atoms with Crippen LogP contribution in [-0.4, -0.2) is 6.54 Å². The molecule has 2 rings (SSSR count). The van der Waals surface area contributed by atoms with Gasteiger partial charge in [-0.05, 0) is 39.9 Å². The van der Waals surface area contributed by atoms with Gasteiger partial charge in [-0.3, -0.25) is 0 Å². The minimum absolute atomic E-state index is 0.561. The summed E-state index contributed by atoms with van der Waals surface area (Å²) in [7, 11) is 0. The molecular formula is C10H14BrNS. The van der Waals surface area contributed by atoms with Crippen molar-refractivity contribution in [3.05, 3.63) is 20.3 Å². The van der Waals surface area contributed by atoms with Crippen molar-refractivity contribution >= 4 is 27.3 Å². The van der Waals surface area contributed by atoms with Crippen LogP contribution in [0.3, 0.4) is 0 Å². The largest absolute Gasteiger partial charge is 0.309 e. The number of thiophene rings is 1. The number of rotatable bonds is 1. The van der Waals surface area contributed by atoms with Crippen molar-refractivity contribution in [1.82, 2.24) is 5.32 Å². The summed E-state index contributed by atoms with van der Waals surface area (Å²) in [5, 5.41) is 3.57. The Labute approximate surface area is 91.7 Å². The lowest BCUT2D eigenvalue weighted by Gasteiger charge is -2.27. The molecule has 0 amide bonds. The highest BCUT2D eigenvalue weighted by Crippen LogP contribution is 2.36. The predicted molar refractivity (Wildman–Crippen MR) is 61.3 cm³/mol. The molecule has 0 saturated heterocycles. The Bertz CT molecular complexity index is 306. The Morgan fingerprint density at radius 3 is 3.08 bits per heavy atom. The van der Waals surface area contributed by atoms with E-state index in [1.54, 1.807) is 4.88 Å². The number of hydrogen-bond donors (Lipinski definition) is 1. The minimum Gasteiger partial charge on any atom is -0.309 e. The summed E-state index contributed by atoms with van der Waals surface area (Å²) in [4.78, 5) is 1.56. The quantitative estimate of drug-likeness (QED) is 0.816. The fourth-order valence-electron chi connectivity index (χ4n) is 1.91. The van der Waals surface area contributed by atoms with E-state index in [1.807, 2.05) is 11.3 Å². The number of fused-ring (bicyclic) bond motifs is 1. The Balaban J connectivity index is 2.36. The maximum absolute atomic E-state index is 3.57. The second-order valence-electron chi connectivity index (χ2n) is 3.85. The van der Waals surface area contributed by atoms with E-state index in [4.69, 9.17) is 0 Å². The van der Waals surface area contributed by atoms with Crippen LogP contribution in [-0.2, 0) is 6.42 Å². The number of nitrogens with one attached hydrogen (secondary N) is 1. The highest BCUT2D eigenvalue weighted by Gasteiger charge is 2.24. The van der Waals surface area contributed by atoms with Crippen molar-refractivity contribution < 1.29 is 0 Å². The number of hydrogen-bond acceptors (Lipinski definition) is 2. The van der Waals surface area contributed by atoms with Crippen LogP contribution in [0.1, 0.15) is 30.3 Å². The molecule has 1 nitrogen and oxygen atoms in total. The van der Waals surface area contributed by atoms with Gasteiger partial charge < -0.3 is 5.32 Å². The van der Waals surface area contributed by atoms with Crippen LogP contribution < -0.4 is 5.32 Å². The van der Waals surface area contributed by atoms with Gasteiger partial charge in [0.2, 0.25) is 0 Å². The smallest absolute Gasteiger partial charge is 0.0704 e.